The number of carbonyl (C=O) groups excluding carboxylic acids is 1. The molecule has 1 saturated carbocycles. The predicted octanol–water partition coefficient (Wildman–Crippen LogP) is 0.891. The molecule has 1 heterocycles. The molecule has 2 N–H and O–H groups in total. The average Bonchev–Trinajstić information content (AvgIpc) is 3.14. The second kappa shape index (κ2) is 4.61. The largest absolute Gasteiger partial charge is 0.337 e. The highest BCUT2D eigenvalue weighted by molar-refractivity contribution is 5.94. The van der Waals surface area contributed by atoms with Crippen molar-refractivity contribution >= 4 is 5.91 Å². The molecule has 4 heteroatoms. The highest BCUT2D eigenvalue weighted by atomic mass is 16.2. The van der Waals surface area contributed by atoms with Crippen molar-refractivity contribution in [3.05, 3.63) is 30.1 Å². The van der Waals surface area contributed by atoms with E-state index in [1.165, 1.54) is 12.8 Å². The molecule has 16 heavy (non-hydrogen) atoms. The Hall–Kier alpha value is -1.42. The number of hydrogen-bond acceptors (Lipinski definition) is 3. The van der Waals surface area contributed by atoms with E-state index < -0.39 is 0 Å². The lowest BCUT2D eigenvalue weighted by Gasteiger charge is -2.27. The molecular formula is C12H17N3O. The molecule has 1 aromatic rings. The van der Waals surface area contributed by atoms with Crippen molar-refractivity contribution in [3.63, 3.8) is 0 Å². The summed E-state index contributed by atoms with van der Waals surface area (Å²) in [6.07, 6.45) is 5.65. The minimum atomic E-state index is 0.0322. The van der Waals surface area contributed by atoms with Crippen molar-refractivity contribution in [1.29, 1.82) is 0 Å². The summed E-state index contributed by atoms with van der Waals surface area (Å²) >= 11 is 0. The van der Waals surface area contributed by atoms with E-state index in [4.69, 9.17) is 5.73 Å². The predicted molar refractivity (Wildman–Crippen MR) is 61.9 cm³/mol. The molecule has 0 spiro atoms. The number of pyridine rings is 1. The van der Waals surface area contributed by atoms with Gasteiger partial charge < -0.3 is 10.6 Å². The monoisotopic (exact) mass is 219 g/mol. The number of nitrogens with zero attached hydrogens (tertiary/aromatic N) is 2. The first-order chi connectivity index (χ1) is 7.74. The van der Waals surface area contributed by atoms with Crippen LogP contribution in [0.5, 0.6) is 0 Å². The van der Waals surface area contributed by atoms with Crippen molar-refractivity contribution in [3.8, 4) is 0 Å². The van der Waals surface area contributed by atoms with Crippen molar-refractivity contribution in [1.82, 2.24) is 9.88 Å². The molecule has 1 aliphatic carbocycles. The summed E-state index contributed by atoms with van der Waals surface area (Å²) in [5.74, 6) is 0.630. The number of likely N-dealkylation sites (N-methyl/N-ethyl adjacent to an activating group) is 1. The third-order valence-electron chi connectivity index (χ3n) is 3.15. The molecule has 0 radical (unpaired) electrons. The van der Waals surface area contributed by atoms with Crippen LogP contribution < -0.4 is 5.73 Å². The van der Waals surface area contributed by atoms with E-state index in [1.807, 2.05) is 7.05 Å². The Bertz CT molecular complexity index is 362. The Balaban J connectivity index is 2.09. The van der Waals surface area contributed by atoms with Crippen LogP contribution in [0, 0.1) is 5.92 Å². The van der Waals surface area contributed by atoms with Gasteiger partial charge in [0.2, 0.25) is 0 Å². The summed E-state index contributed by atoms with van der Waals surface area (Å²) in [6.45, 7) is 0.540. The summed E-state index contributed by atoms with van der Waals surface area (Å²) in [7, 11) is 1.83. The molecule has 0 bridgehead atoms. The molecule has 1 unspecified atom stereocenters. The van der Waals surface area contributed by atoms with E-state index >= 15 is 0 Å². The van der Waals surface area contributed by atoms with E-state index in [0.29, 0.717) is 18.0 Å². The van der Waals surface area contributed by atoms with Gasteiger partial charge in [-0.05, 0) is 30.9 Å². The maximum absolute atomic E-state index is 12.1. The summed E-state index contributed by atoms with van der Waals surface area (Å²) in [5.41, 5.74) is 6.40. The number of aromatic nitrogens is 1. The minimum Gasteiger partial charge on any atom is -0.337 e. The van der Waals surface area contributed by atoms with Crippen LogP contribution in [-0.2, 0) is 0 Å². The third-order valence-corrected chi connectivity index (χ3v) is 3.15. The van der Waals surface area contributed by atoms with Gasteiger partial charge in [0.05, 0.1) is 0 Å². The molecule has 1 fully saturated rings. The van der Waals surface area contributed by atoms with Gasteiger partial charge in [-0.3, -0.25) is 9.78 Å². The lowest BCUT2D eigenvalue weighted by atomic mass is 10.1. The SMILES string of the molecule is CN(C(=O)c1ccncc1)C(CN)C1CC1. The fourth-order valence-corrected chi connectivity index (χ4v) is 2.00. The normalized spacial score (nSPS) is 16.9. The zero-order valence-electron chi connectivity index (χ0n) is 9.47. The van der Waals surface area contributed by atoms with Crippen LogP contribution in [0.25, 0.3) is 0 Å². The number of carbonyl (C=O) groups is 1. The molecule has 1 atom stereocenters. The molecule has 1 aliphatic rings. The van der Waals surface area contributed by atoms with Crippen molar-refractivity contribution in [2.45, 2.75) is 18.9 Å². The van der Waals surface area contributed by atoms with Crippen LogP contribution in [0.4, 0.5) is 0 Å². The Morgan fingerprint density at radius 1 is 1.56 bits per heavy atom. The van der Waals surface area contributed by atoms with Crippen LogP contribution in [0.1, 0.15) is 23.2 Å². The average molecular weight is 219 g/mol. The molecule has 2 rings (SSSR count). The number of rotatable bonds is 4. The van der Waals surface area contributed by atoms with Gasteiger partial charge in [-0.2, -0.15) is 0 Å². The fraction of sp³-hybridized carbons (Fsp3) is 0.500. The zero-order valence-corrected chi connectivity index (χ0v) is 9.47. The number of hydrogen-bond donors (Lipinski definition) is 1. The highest BCUT2D eigenvalue weighted by Gasteiger charge is 2.34. The first kappa shape index (κ1) is 11.1. The molecule has 0 aromatic carbocycles. The van der Waals surface area contributed by atoms with E-state index in [0.717, 1.165) is 0 Å². The van der Waals surface area contributed by atoms with E-state index in [9.17, 15) is 4.79 Å². The fourth-order valence-electron chi connectivity index (χ4n) is 2.00. The number of amides is 1. The molecule has 0 aliphatic heterocycles. The summed E-state index contributed by atoms with van der Waals surface area (Å²) in [5, 5.41) is 0. The van der Waals surface area contributed by atoms with Crippen LogP contribution in [0.15, 0.2) is 24.5 Å². The molecule has 1 amide bonds. The molecular weight excluding hydrogens is 202 g/mol. The van der Waals surface area contributed by atoms with Gasteiger partial charge in [-0.25, -0.2) is 0 Å². The number of nitrogens with two attached hydrogens (primary N) is 1. The van der Waals surface area contributed by atoms with Gasteiger partial charge in [0.25, 0.3) is 5.91 Å². The highest BCUT2D eigenvalue weighted by Crippen LogP contribution is 2.34. The van der Waals surface area contributed by atoms with Crippen LogP contribution in [-0.4, -0.2) is 35.4 Å². The van der Waals surface area contributed by atoms with Crippen molar-refractivity contribution < 1.29 is 4.79 Å². The maximum Gasteiger partial charge on any atom is 0.254 e. The van der Waals surface area contributed by atoms with E-state index in [2.05, 4.69) is 4.98 Å². The van der Waals surface area contributed by atoms with Gasteiger partial charge in [-0.15, -0.1) is 0 Å². The van der Waals surface area contributed by atoms with Crippen LogP contribution >= 0.6 is 0 Å². The zero-order chi connectivity index (χ0) is 11.5. The quantitative estimate of drug-likeness (QED) is 0.818. The lowest BCUT2D eigenvalue weighted by Crippen LogP contribution is -2.43. The molecule has 4 nitrogen and oxygen atoms in total. The van der Waals surface area contributed by atoms with E-state index in [-0.39, 0.29) is 11.9 Å². The van der Waals surface area contributed by atoms with Gasteiger partial charge in [0, 0.05) is 37.6 Å². The third kappa shape index (κ3) is 2.22. The summed E-state index contributed by atoms with van der Waals surface area (Å²) < 4.78 is 0. The Kier molecular flexibility index (Phi) is 3.19. The first-order valence-corrected chi connectivity index (χ1v) is 5.61. The van der Waals surface area contributed by atoms with Gasteiger partial charge in [0.1, 0.15) is 0 Å². The van der Waals surface area contributed by atoms with Gasteiger partial charge >= 0.3 is 0 Å². The smallest absolute Gasteiger partial charge is 0.254 e. The molecule has 1 aromatic heterocycles. The maximum atomic E-state index is 12.1. The van der Waals surface area contributed by atoms with E-state index in [1.54, 1.807) is 29.4 Å². The molecule has 0 saturated heterocycles. The van der Waals surface area contributed by atoms with Gasteiger partial charge in [0.15, 0.2) is 0 Å². The van der Waals surface area contributed by atoms with Crippen LogP contribution in [0.2, 0.25) is 0 Å². The lowest BCUT2D eigenvalue weighted by molar-refractivity contribution is 0.0718. The van der Waals surface area contributed by atoms with Crippen molar-refractivity contribution in [2.75, 3.05) is 13.6 Å². The summed E-state index contributed by atoms with van der Waals surface area (Å²) in [4.78, 5) is 17.8. The first-order valence-electron chi connectivity index (χ1n) is 5.61. The van der Waals surface area contributed by atoms with Crippen LogP contribution in [0.3, 0.4) is 0 Å². The van der Waals surface area contributed by atoms with Crippen molar-refractivity contribution in [2.24, 2.45) is 11.7 Å². The summed E-state index contributed by atoms with van der Waals surface area (Å²) in [6, 6.07) is 3.65. The Morgan fingerprint density at radius 2 is 2.19 bits per heavy atom. The molecule has 86 valence electrons. The Labute approximate surface area is 95.5 Å². The van der Waals surface area contributed by atoms with Gasteiger partial charge in [-0.1, -0.05) is 0 Å². The standard InChI is InChI=1S/C12H17N3O/c1-15(11(8-13)9-2-3-9)12(16)10-4-6-14-7-5-10/h4-7,9,11H,2-3,8,13H2,1H3. The topological polar surface area (TPSA) is 59.2 Å². The Morgan fingerprint density at radius 3 is 2.69 bits per heavy atom. The second-order valence-electron chi connectivity index (χ2n) is 4.29. The minimum absolute atomic E-state index is 0.0322. The second-order valence-corrected chi connectivity index (χ2v) is 4.29.